The number of nitrogens with two attached hydrogens (primary N) is 1. The maximum Gasteiger partial charge on any atom is 0.408 e. The van der Waals surface area contributed by atoms with E-state index in [4.69, 9.17) is 5.73 Å². The van der Waals surface area contributed by atoms with Crippen molar-refractivity contribution in [2.45, 2.75) is 31.6 Å². The molecule has 1 aliphatic carbocycles. The SMILES string of the molecule is NCC(Nc1cnn(CC(F)(F)F)c(=O)c1Br)C1CC1. The van der Waals surface area contributed by atoms with Gasteiger partial charge in [-0.15, -0.1) is 0 Å². The van der Waals surface area contributed by atoms with Crippen LogP contribution in [0.15, 0.2) is 15.5 Å². The van der Waals surface area contributed by atoms with E-state index in [1.54, 1.807) is 0 Å². The lowest BCUT2D eigenvalue weighted by molar-refractivity contribution is -0.143. The minimum atomic E-state index is -4.49. The maximum absolute atomic E-state index is 12.3. The molecule has 5 nitrogen and oxygen atoms in total. The molecule has 1 fully saturated rings. The van der Waals surface area contributed by atoms with Crippen LogP contribution in [0.3, 0.4) is 0 Å². The van der Waals surface area contributed by atoms with Crippen LogP contribution >= 0.6 is 15.9 Å². The topological polar surface area (TPSA) is 72.9 Å². The van der Waals surface area contributed by atoms with E-state index >= 15 is 0 Å². The van der Waals surface area contributed by atoms with E-state index in [2.05, 4.69) is 26.3 Å². The monoisotopic (exact) mass is 354 g/mol. The third-order valence-electron chi connectivity index (χ3n) is 3.10. The molecule has 0 saturated heterocycles. The molecule has 9 heteroatoms. The van der Waals surface area contributed by atoms with Crippen molar-refractivity contribution in [3.8, 4) is 0 Å². The minimum Gasteiger partial charge on any atom is -0.378 e. The molecule has 0 spiro atoms. The molecule has 1 aromatic rings. The van der Waals surface area contributed by atoms with Gasteiger partial charge in [-0.25, -0.2) is 4.68 Å². The van der Waals surface area contributed by atoms with Crippen LogP contribution in [0.5, 0.6) is 0 Å². The number of aromatic nitrogens is 2. The first-order chi connectivity index (χ1) is 9.31. The van der Waals surface area contributed by atoms with Crippen molar-refractivity contribution in [3.05, 3.63) is 21.0 Å². The van der Waals surface area contributed by atoms with Crippen molar-refractivity contribution in [2.24, 2.45) is 11.7 Å². The van der Waals surface area contributed by atoms with Gasteiger partial charge in [-0.2, -0.15) is 18.3 Å². The summed E-state index contributed by atoms with van der Waals surface area (Å²) in [5.74, 6) is 0.449. The van der Waals surface area contributed by atoms with E-state index in [1.807, 2.05) is 0 Å². The molecule has 3 N–H and O–H groups in total. The molecule has 2 rings (SSSR count). The van der Waals surface area contributed by atoms with Crippen molar-refractivity contribution in [1.29, 1.82) is 0 Å². The lowest BCUT2D eigenvalue weighted by Gasteiger charge is -2.18. The average molecular weight is 355 g/mol. The van der Waals surface area contributed by atoms with Crippen LogP contribution in [0, 0.1) is 5.92 Å². The predicted octanol–water partition coefficient (Wildman–Crippen LogP) is 1.72. The summed E-state index contributed by atoms with van der Waals surface area (Å²) in [6.45, 7) is -1.02. The molecule has 0 bridgehead atoms. The number of alkyl halides is 3. The van der Waals surface area contributed by atoms with E-state index < -0.39 is 18.3 Å². The second-order valence-corrected chi connectivity index (χ2v) is 5.57. The molecule has 112 valence electrons. The van der Waals surface area contributed by atoms with Crippen molar-refractivity contribution >= 4 is 21.6 Å². The first-order valence-electron chi connectivity index (χ1n) is 6.11. The van der Waals surface area contributed by atoms with Crippen LogP contribution in [0.4, 0.5) is 18.9 Å². The third kappa shape index (κ3) is 3.72. The number of nitrogens with zero attached hydrogens (tertiary/aromatic N) is 2. The number of halogens is 4. The zero-order valence-corrected chi connectivity index (χ0v) is 12.0. The molecule has 1 heterocycles. The number of anilines is 1. The zero-order valence-electron chi connectivity index (χ0n) is 10.5. The average Bonchev–Trinajstić information content (AvgIpc) is 3.17. The van der Waals surface area contributed by atoms with E-state index in [0.29, 0.717) is 22.8 Å². The molecular formula is C11H14BrF3N4O. The Bertz CT molecular complexity index is 541. The van der Waals surface area contributed by atoms with Crippen LogP contribution in [0.2, 0.25) is 0 Å². The van der Waals surface area contributed by atoms with Gasteiger partial charge in [0, 0.05) is 12.6 Å². The normalized spacial score (nSPS) is 17.1. The first kappa shape index (κ1) is 15.3. The summed E-state index contributed by atoms with van der Waals surface area (Å²) in [5, 5.41) is 6.60. The van der Waals surface area contributed by atoms with Gasteiger partial charge in [0.15, 0.2) is 0 Å². The van der Waals surface area contributed by atoms with Gasteiger partial charge in [0.2, 0.25) is 0 Å². The fraction of sp³-hybridized carbons (Fsp3) is 0.636. The maximum atomic E-state index is 12.3. The van der Waals surface area contributed by atoms with Gasteiger partial charge in [-0.1, -0.05) is 0 Å². The Morgan fingerprint density at radius 3 is 2.70 bits per heavy atom. The Morgan fingerprint density at radius 1 is 1.55 bits per heavy atom. The highest BCUT2D eigenvalue weighted by molar-refractivity contribution is 9.10. The van der Waals surface area contributed by atoms with Crippen LogP contribution < -0.4 is 16.6 Å². The van der Waals surface area contributed by atoms with Gasteiger partial charge >= 0.3 is 6.18 Å². The molecule has 1 atom stereocenters. The second kappa shape index (κ2) is 5.72. The molecule has 1 unspecified atom stereocenters. The predicted molar refractivity (Wildman–Crippen MR) is 71.4 cm³/mol. The Morgan fingerprint density at radius 2 is 2.20 bits per heavy atom. The van der Waals surface area contributed by atoms with E-state index in [9.17, 15) is 18.0 Å². The zero-order chi connectivity index (χ0) is 14.9. The fourth-order valence-corrected chi connectivity index (χ4v) is 2.34. The number of hydrogen-bond acceptors (Lipinski definition) is 4. The van der Waals surface area contributed by atoms with E-state index in [0.717, 1.165) is 12.8 Å². The summed E-state index contributed by atoms with van der Waals surface area (Å²) >= 11 is 3.02. The molecule has 1 aliphatic rings. The summed E-state index contributed by atoms with van der Waals surface area (Å²) < 4.78 is 37.3. The molecular weight excluding hydrogens is 341 g/mol. The summed E-state index contributed by atoms with van der Waals surface area (Å²) in [6, 6.07) is 0.00552. The number of rotatable bonds is 5. The molecule has 1 saturated carbocycles. The van der Waals surface area contributed by atoms with Crippen LogP contribution in [-0.2, 0) is 6.54 Å². The van der Waals surface area contributed by atoms with Crippen molar-refractivity contribution in [3.63, 3.8) is 0 Å². The van der Waals surface area contributed by atoms with Crippen molar-refractivity contribution in [1.82, 2.24) is 9.78 Å². The van der Waals surface area contributed by atoms with Gasteiger partial charge in [0.05, 0.1) is 11.9 Å². The smallest absolute Gasteiger partial charge is 0.378 e. The van der Waals surface area contributed by atoms with Gasteiger partial charge in [0.25, 0.3) is 5.56 Å². The van der Waals surface area contributed by atoms with Gasteiger partial charge in [-0.05, 0) is 34.7 Å². The van der Waals surface area contributed by atoms with Gasteiger partial charge < -0.3 is 11.1 Å². The Kier molecular flexibility index (Phi) is 4.38. The highest BCUT2D eigenvalue weighted by Gasteiger charge is 2.32. The first-order valence-corrected chi connectivity index (χ1v) is 6.90. The van der Waals surface area contributed by atoms with Crippen LogP contribution in [-0.4, -0.2) is 28.5 Å². The third-order valence-corrected chi connectivity index (χ3v) is 3.87. The minimum absolute atomic E-state index is 0.00552. The number of nitrogens with one attached hydrogen (secondary N) is 1. The van der Waals surface area contributed by atoms with E-state index in [1.165, 1.54) is 6.20 Å². The Hall–Kier alpha value is -1.09. The fourth-order valence-electron chi connectivity index (χ4n) is 1.92. The van der Waals surface area contributed by atoms with Crippen molar-refractivity contribution < 1.29 is 13.2 Å². The van der Waals surface area contributed by atoms with Gasteiger partial charge in [-0.3, -0.25) is 4.79 Å². The molecule has 0 aromatic carbocycles. The quantitative estimate of drug-likeness (QED) is 0.844. The molecule has 0 aliphatic heterocycles. The van der Waals surface area contributed by atoms with Crippen molar-refractivity contribution in [2.75, 3.05) is 11.9 Å². The van der Waals surface area contributed by atoms with Crippen LogP contribution in [0.25, 0.3) is 0 Å². The van der Waals surface area contributed by atoms with E-state index in [-0.39, 0.29) is 10.5 Å². The lowest BCUT2D eigenvalue weighted by Crippen LogP contribution is -2.34. The molecule has 20 heavy (non-hydrogen) atoms. The largest absolute Gasteiger partial charge is 0.408 e. The Labute approximate surface area is 121 Å². The standard InChI is InChI=1S/C11H14BrF3N4O/c12-9-8(18-7(3-16)6-1-2-6)4-17-19(10(9)20)5-11(13,14)15/h4,6-7,18H,1-3,5,16H2. The summed E-state index contributed by atoms with van der Waals surface area (Å²) in [6.07, 6.45) is -1.16. The molecule has 0 radical (unpaired) electrons. The molecule has 0 amide bonds. The second-order valence-electron chi connectivity index (χ2n) is 4.77. The van der Waals surface area contributed by atoms with Gasteiger partial charge in [0.1, 0.15) is 11.0 Å². The summed E-state index contributed by atoms with van der Waals surface area (Å²) in [4.78, 5) is 11.8. The van der Waals surface area contributed by atoms with Crippen LogP contribution in [0.1, 0.15) is 12.8 Å². The summed E-state index contributed by atoms with van der Waals surface area (Å²) in [7, 11) is 0. The molecule has 1 aromatic heterocycles. The lowest BCUT2D eigenvalue weighted by atomic mass is 10.2. The number of hydrogen-bond donors (Lipinski definition) is 2. The summed E-state index contributed by atoms with van der Waals surface area (Å²) in [5.41, 5.74) is 5.18. The highest BCUT2D eigenvalue weighted by Crippen LogP contribution is 2.34. The highest BCUT2D eigenvalue weighted by atomic mass is 79.9. The Balaban J connectivity index is 2.19.